The SMILES string of the molecule is CC(C)n1cnc(CN[C@@H]2CC(Cn3cc(Cl)cn3)C[C@H]2O)c1. The zero-order valence-electron chi connectivity index (χ0n) is 13.6. The van der Waals surface area contributed by atoms with Crippen LogP contribution in [0, 0.1) is 5.92 Å². The van der Waals surface area contributed by atoms with Gasteiger partial charge in [-0.25, -0.2) is 4.98 Å². The molecule has 126 valence electrons. The van der Waals surface area contributed by atoms with Crippen molar-refractivity contribution in [3.63, 3.8) is 0 Å². The maximum Gasteiger partial charge on any atom is 0.0952 e. The molecular weight excluding hydrogens is 314 g/mol. The summed E-state index contributed by atoms with van der Waals surface area (Å²) in [5.41, 5.74) is 1.01. The van der Waals surface area contributed by atoms with E-state index in [1.807, 2.05) is 17.2 Å². The Balaban J connectivity index is 1.50. The standard InChI is InChI=1S/C16H24ClN5O/c1-11(2)21-9-14(19-10-21)6-18-15-3-12(4-16(15)23)7-22-8-13(17)5-20-22/h5,8-12,15-16,18,23H,3-4,6-7H2,1-2H3/t12?,15-,16-/m1/s1. The summed E-state index contributed by atoms with van der Waals surface area (Å²) in [5, 5.41) is 18.6. The van der Waals surface area contributed by atoms with Gasteiger partial charge < -0.3 is 15.0 Å². The number of hydrogen-bond donors (Lipinski definition) is 2. The molecule has 23 heavy (non-hydrogen) atoms. The zero-order valence-corrected chi connectivity index (χ0v) is 14.3. The molecule has 0 aromatic carbocycles. The van der Waals surface area contributed by atoms with E-state index >= 15 is 0 Å². The Morgan fingerprint density at radius 2 is 2.22 bits per heavy atom. The largest absolute Gasteiger partial charge is 0.391 e. The van der Waals surface area contributed by atoms with Crippen LogP contribution in [0.25, 0.3) is 0 Å². The van der Waals surface area contributed by atoms with Gasteiger partial charge in [-0.3, -0.25) is 4.68 Å². The first-order valence-electron chi connectivity index (χ1n) is 8.13. The molecule has 0 bridgehead atoms. The van der Waals surface area contributed by atoms with Crippen molar-refractivity contribution >= 4 is 11.6 Å². The Bertz CT molecular complexity index is 638. The van der Waals surface area contributed by atoms with Gasteiger partial charge in [-0.2, -0.15) is 5.10 Å². The third kappa shape index (κ3) is 4.13. The summed E-state index contributed by atoms with van der Waals surface area (Å²) in [4.78, 5) is 4.40. The zero-order chi connectivity index (χ0) is 16.4. The van der Waals surface area contributed by atoms with Crippen LogP contribution in [-0.2, 0) is 13.1 Å². The molecule has 1 saturated carbocycles. The molecule has 3 atom stereocenters. The number of rotatable bonds is 6. The highest BCUT2D eigenvalue weighted by Gasteiger charge is 2.32. The Kier molecular flexibility index (Phi) is 5.04. The number of aliphatic hydroxyl groups excluding tert-OH is 1. The summed E-state index contributed by atoms with van der Waals surface area (Å²) in [6.45, 7) is 5.74. The molecule has 6 nitrogen and oxygen atoms in total. The predicted molar refractivity (Wildman–Crippen MR) is 89.2 cm³/mol. The molecule has 0 radical (unpaired) electrons. The summed E-state index contributed by atoms with van der Waals surface area (Å²) in [6.07, 6.45) is 8.79. The molecule has 2 aromatic rings. The molecule has 1 unspecified atom stereocenters. The Morgan fingerprint density at radius 1 is 1.39 bits per heavy atom. The van der Waals surface area contributed by atoms with Gasteiger partial charge in [-0.1, -0.05) is 11.6 Å². The number of hydrogen-bond acceptors (Lipinski definition) is 4. The number of nitrogens with zero attached hydrogens (tertiary/aromatic N) is 4. The monoisotopic (exact) mass is 337 g/mol. The fourth-order valence-electron chi connectivity index (χ4n) is 3.18. The van der Waals surface area contributed by atoms with Crippen LogP contribution < -0.4 is 5.32 Å². The second-order valence-corrected chi connectivity index (χ2v) is 7.12. The fourth-order valence-corrected chi connectivity index (χ4v) is 3.33. The van der Waals surface area contributed by atoms with E-state index in [0.29, 0.717) is 23.5 Å². The minimum atomic E-state index is -0.321. The number of aliphatic hydroxyl groups is 1. The van der Waals surface area contributed by atoms with Crippen molar-refractivity contribution in [1.29, 1.82) is 0 Å². The number of halogens is 1. The number of imidazole rings is 1. The first kappa shape index (κ1) is 16.5. The van der Waals surface area contributed by atoms with Gasteiger partial charge >= 0.3 is 0 Å². The molecule has 0 amide bonds. The summed E-state index contributed by atoms with van der Waals surface area (Å²) in [7, 11) is 0. The third-order valence-electron chi connectivity index (χ3n) is 4.47. The van der Waals surface area contributed by atoms with Crippen molar-refractivity contribution in [3.05, 3.63) is 35.6 Å². The third-order valence-corrected chi connectivity index (χ3v) is 4.67. The van der Waals surface area contributed by atoms with Crippen LogP contribution in [0.15, 0.2) is 24.9 Å². The molecule has 2 N–H and O–H groups in total. The number of aromatic nitrogens is 4. The van der Waals surface area contributed by atoms with Crippen LogP contribution in [0.2, 0.25) is 5.02 Å². The van der Waals surface area contributed by atoms with Gasteiger partial charge in [-0.05, 0) is 32.6 Å². The van der Waals surface area contributed by atoms with Gasteiger partial charge in [-0.15, -0.1) is 0 Å². The fraction of sp³-hybridized carbons (Fsp3) is 0.625. The average molecular weight is 338 g/mol. The molecule has 7 heteroatoms. The number of nitrogens with one attached hydrogen (secondary N) is 1. The van der Waals surface area contributed by atoms with E-state index in [0.717, 1.165) is 25.1 Å². The lowest BCUT2D eigenvalue weighted by Gasteiger charge is -2.15. The predicted octanol–water partition coefficient (Wildman–Crippen LogP) is 2.24. The summed E-state index contributed by atoms with van der Waals surface area (Å²) >= 11 is 5.89. The van der Waals surface area contributed by atoms with E-state index in [9.17, 15) is 5.11 Å². The molecular formula is C16H24ClN5O. The molecule has 0 spiro atoms. The van der Waals surface area contributed by atoms with Gasteiger partial charge in [0.05, 0.1) is 29.3 Å². The highest BCUT2D eigenvalue weighted by molar-refractivity contribution is 6.30. The van der Waals surface area contributed by atoms with Crippen LogP contribution in [0.1, 0.15) is 38.4 Å². The van der Waals surface area contributed by atoms with Crippen LogP contribution >= 0.6 is 11.6 Å². The van der Waals surface area contributed by atoms with E-state index < -0.39 is 0 Å². The second-order valence-electron chi connectivity index (χ2n) is 6.68. The summed E-state index contributed by atoms with van der Waals surface area (Å²) < 4.78 is 3.94. The van der Waals surface area contributed by atoms with Gasteiger partial charge in [0.1, 0.15) is 0 Å². The van der Waals surface area contributed by atoms with Crippen molar-refractivity contribution in [2.75, 3.05) is 0 Å². The van der Waals surface area contributed by atoms with E-state index in [1.54, 1.807) is 6.20 Å². The lowest BCUT2D eigenvalue weighted by Crippen LogP contribution is -2.35. The van der Waals surface area contributed by atoms with E-state index in [2.05, 4.69) is 40.0 Å². The lowest BCUT2D eigenvalue weighted by molar-refractivity contribution is 0.145. The van der Waals surface area contributed by atoms with Gasteiger partial charge in [0, 0.05) is 37.6 Å². The molecule has 1 aliphatic rings. The van der Waals surface area contributed by atoms with Crippen LogP contribution in [-0.4, -0.2) is 36.6 Å². The minimum Gasteiger partial charge on any atom is -0.391 e. The smallest absolute Gasteiger partial charge is 0.0952 e. The van der Waals surface area contributed by atoms with Crippen LogP contribution in [0.4, 0.5) is 0 Å². The Labute approximate surface area is 141 Å². The minimum absolute atomic E-state index is 0.107. The topological polar surface area (TPSA) is 67.9 Å². The Hall–Kier alpha value is -1.37. The highest BCUT2D eigenvalue weighted by Crippen LogP contribution is 2.28. The normalized spacial score (nSPS) is 24.7. The quantitative estimate of drug-likeness (QED) is 0.848. The molecule has 2 aromatic heterocycles. The van der Waals surface area contributed by atoms with Gasteiger partial charge in [0.25, 0.3) is 0 Å². The van der Waals surface area contributed by atoms with Gasteiger partial charge in [0.15, 0.2) is 0 Å². The van der Waals surface area contributed by atoms with E-state index in [4.69, 9.17) is 11.6 Å². The molecule has 0 aliphatic heterocycles. The maximum absolute atomic E-state index is 10.3. The second kappa shape index (κ2) is 7.03. The molecule has 1 fully saturated rings. The van der Waals surface area contributed by atoms with Crippen molar-refractivity contribution in [1.82, 2.24) is 24.6 Å². The maximum atomic E-state index is 10.3. The van der Waals surface area contributed by atoms with Crippen molar-refractivity contribution in [2.24, 2.45) is 5.92 Å². The average Bonchev–Trinajstić information content (AvgIpc) is 3.18. The first-order chi connectivity index (χ1) is 11.0. The lowest BCUT2D eigenvalue weighted by atomic mass is 10.1. The summed E-state index contributed by atoms with van der Waals surface area (Å²) in [6, 6.07) is 0.522. The first-order valence-corrected chi connectivity index (χ1v) is 8.51. The van der Waals surface area contributed by atoms with Crippen LogP contribution in [0.5, 0.6) is 0 Å². The van der Waals surface area contributed by atoms with Gasteiger partial charge in [0.2, 0.25) is 0 Å². The molecule has 0 saturated heterocycles. The van der Waals surface area contributed by atoms with Crippen molar-refractivity contribution < 1.29 is 5.11 Å². The summed E-state index contributed by atoms with van der Waals surface area (Å²) in [5.74, 6) is 0.409. The Morgan fingerprint density at radius 3 is 2.87 bits per heavy atom. The molecule has 1 aliphatic carbocycles. The molecule has 3 rings (SSSR count). The van der Waals surface area contributed by atoms with E-state index in [1.165, 1.54) is 0 Å². The van der Waals surface area contributed by atoms with Crippen molar-refractivity contribution in [3.8, 4) is 0 Å². The van der Waals surface area contributed by atoms with Crippen molar-refractivity contribution in [2.45, 2.75) is 58.0 Å². The van der Waals surface area contributed by atoms with Crippen LogP contribution in [0.3, 0.4) is 0 Å². The molecule has 2 heterocycles. The van der Waals surface area contributed by atoms with E-state index in [-0.39, 0.29) is 12.1 Å². The highest BCUT2D eigenvalue weighted by atomic mass is 35.5.